The van der Waals surface area contributed by atoms with Crippen molar-refractivity contribution in [1.29, 1.82) is 0 Å². The molecule has 1 amide bonds. The van der Waals surface area contributed by atoms with E-state index < -0.39 is 5.60 Å². The fraction of sp³-hybridized carbons (Fsp3) is 0.571. The number of amides is 1. The lowest BCUT2D eigenvalue weighted by atomic mass is 10.0. The van der Waals surface area contributed by atoms with Gasteiger partial charge in [0.2, 0.25) is 0 Å². The Balaban J connectivity index is 1.59. The van der Waals surface area contributed by atoms with Gasteiger partial charge >= 0.3 is 6.09 Å². The number of carbonyl (C=O) groups excluding carboxylic acids is 1. The Morgan fingerprint density at radius 3 is 2.66 bits per heavy atom. The standard InChI is InChI=1S/C21H29ClN4O3/c1-21(2,3)29-20(28)24-14-7-10-26(11-8-14)12-9-15-16(22)13-23-17-5-6-18(27)25(4)19(15)17/h5-6,13-14H,7-12H2,1-4H3,(H,24,28). The highest BCUT2D eigenvalue weighted by Gasteiger charge is 2.24. The number of fused-ring (bicyclic) bond motifs is 1. The van der Waals surface area contributed by atoms with Crippen LogP contribution in [-0.2, 0) is 18.2 Å². The van der Waals surface area contributed by atoms with Gasteiger partial charge in [-0.25, -0.2) is 4.79 Å². The molecule has 1 N–H and O–H groups in total. The summed E-state index contributed by atoms with van der Waals surface area (Å²) < 4.78 is 6.95. The van der Waals surface area contributed by atoms with Gasteiger partial charge in [-0.3, -0.25) is 9.78 Å². The van der Waals surface area contributed by atoms with E-state index in [9.17, 15) is 9.59 Å². The summed E-state index contributed by atoms with van der Waals surface area (Å²) in [4.78, 5) is 30.7. The summed E-state index contributed by atoms with van der Waals surface area (Å²) in [5, 5.41) is 3.54. The number of aromatic nitrogens is 2. The maximum Gasteiger partial charge on any atom is 0.407 e. The van der Waals surface area contributed by atoms with Gasteiger partial charge in [0, 0.05) is 45.0 Å². The Kier molecular flexibility index (Phi) is 6.49. The Morgan fingerprint density at radius 2 is 2.00 bits per heavy atom. The molecule has 0 spiro atoms. The minimum atomic E-state index is -0.489. The zero-order chi connectivity index (χ0) is 21.2. The van der Waals surface area contributed by atoms with Crippen molar-refractivity contribution >= 4 is 28.7 Å². The van der Waals surface area contributed by atoms with Crippen molar-refractivity contribution in [3.8, 4) is 0 Å². The molecule has 0 saturated carbocycles. The molecule has 0 aromatic carbocycles. The average molecular weight is 421 g/mol. The molecule has 1 aliphatic rings. The molecule has 0 bridgehead atoms. The minimum absolute atomic E-state index is 0.0724. The number of rotatable bonds is 4. The maximum absolute atomic E-state index is 12.1. The molecule has 1 aliphatic heterocycles. The van der Waals surface area contributed by atoms with Crippen LogP contribution in [-0.4, -0.2) is 51.8 Å². The topological polar surface area (TPSA) is 76.5 Å². The van der Waals surface area contributed by atoms with Gasteiger partial charge in [-0.15, -0.1) is 0 Å². The molecule has 3 heterocycles. The third kappa shape index (κ3) is 5.48. The predicted molar refractivity (Wildman–Crippen MR) is 115 cm³/mol. The van der Waals surface area contributed by atoms with Crippen LogP contribution in [0.2, 0.25) is 5.02 Å². The number of carbonyl (C=O) groups is 1. The van der Waals surface area contributed by atoms with Crippen LogP contribution in [0.5, 0.6) is 0 Å². The fourth-order valence-electron chi connectivity index (χ4n) is 3.68. The molecule has 7 nitrogen and oxygen atoms in total. The zero-order valence-electron chi connectivity index (χ0n) is 17.5. The van der Waals surface area contributed by atoms with Crippen LogP contribution in [0.3, 0.4) is 0 Å². The molecule has 2 aromatic heterocycles. The van der Waals surface area contributed by atoms with Crippen LogP contribution in [0.25, 0.3) is 11.0 Å². The lowest BCUT2D eigenvalue weighted by Crippen LogP contribution is -2.46. The van der Waals surface area contributed by atoms with E-state index in [1.165, 1.54) is 6.07 Å². The van der Waals surface area contributed by atoms with Crippen molar-refractivity contribution in [1.82, 2.24) is 19.8 Å². The molecule has 0 atom stereocenters. The molecule has 158 valence electrons. The minimum Gasteiger partial charge on any atom is -0.444 e. The number of nitrogens with zero attached hydrogens (tertiary/aromatic N) is 3. The summed E-state index contributed by atoms with van der Waals surface area (Å²) in [7, 11) is 1.75. The van der Waals surface area contributed by atoms with Gasteiger partial charge in [-0.2, -0.15) is 0 Å². The first-order valence-electron chi connectivity index (χ1n) is 9.99. The summed E-state index contributed by atoms with van der Waals surface area (Å²) in [6.45, 7) is 8.19. The number of hydrogen-bond acceptors (Lipinski definition) is 5. The number of likely N-dealkylation sites (tertiary alicyclic amines) is 1. The Hall–Kier alpha value is -2.12. The van der Waals surface area contributed by atoms with E-state index in [-0.39, 0.29) is 17.7 Å². The second-order valence-corrected chi connectivity index (χ2v) is 8.97. The summed E-state index contributed by atoms with van der Waals surface area (Å²) in [6.07, 6.45) is 3.79. The van der Waals surface area contributed by atoms with Crippen molar-refractivity contribution in [2.45, 2.75) is 51.7 Å². The molecule has 0 unspecified atom stereocenters. The lowest BCUT2D eigenvalue weighted by molar-refractivity contribution is 0.0479. The van der Waals surface area contributed by atoms with Crippen molar-refractivity contribution in [2.75, 3.05) is 19.6 Å². The highest BCUT2D eigenvalue weighted by Crippen LogP contribution is 2.24. The van der Waals surface area contributed by atoms with Gasteiger partial charge in [0.25, 0.3) is 5.56 Å². The molecule has 0 radical (unpaired) electrons. The Labute approximate surface area is 176 Å². The average Bonchev–Trinajstić information content (AvgIpc) is 2.63. The van der Waals surface area contributed by atoms with E-state index in [0.29, 0.717) is 5.02 Å². The quantitative estimate of drug-likeness (QED) is 0.822. The maximum atomic E-state index is 12.1. The molecule has 1 saturated heterocycles. The first kappa shape index (κ1) is 21.6. The highest BCUT2D eigenvalue weighted by atomic mass is 35.5. The summed E-state index contributed by atoms with van der Waals surface area (Å²) in [6, 6.07) is 3.40. The number of hydrogen-bond donors (Lipinski definition) is 1. The monoisotopic (exact) mass is 420 g/mol. The van der Waals surface area contributed by atoms with Gasteiger partial charge in [-0.1, -0.05) is 11.6 Å². The number of alkyl carbamates (subject to hydrolysis) is 1. The second kappa shape index (κ2) is 8.71. The molecular formula is C21H29ClN4O3. The smallest absolute Gasteiger partial charge is 0.407 e. The van der Waals surface area contributed by atoms with E-state index in [2.05, 4.69) is 15.2 Å². The molecule has 2 aromatic rings. The molecule has 0 aliphatic carbocycles. The summed E-state index contributed by atoms with van der Waals surface area (Å²) in [5.74, 6) is 0. The van der Waals surface area contributed by atoms with Gasteiger partial charge < -0.3 is 19.5 Å². The van der Waals surface area contributed by atoms with Crippen LogP contribution in [0.4, 0.5) is 4.79 Å². The highest BCUT2D eigenvalue weighted by molar-refractivity contribution is 6.32. The molecule has 29 heavy (non-hydrogen) atoms. The van der Waals surface area contributed by atoms with Crippen molar-refractivity contribution in [3.63, 3.8) is 0 Å². The molecule has 1 fully saturated rings. The van der Waals surface area contributed by atoms with Crippen LogP contribution in [0, 0.1) is 0 Å². The third-order valence-corrected chi connectivity index (χ3v) is 5.50. The molecule has 3 rings (SSSR count). The largest absolute Gasteiger partial charge is 0.444 e. The fourth-order valence-corrected chi connectivity index (χ4v) is 3.92. The predicted octanol–water partition coefficient (Wildman–Crippen LogP) is 3.12. The summed E-state index contributed by atoms with van der Waals surface area (Å²) >= 11 is 6.42. The van der Waals surface area contributed by atoms with E-state index in [4.69, 9.17) is 16.3 Å². The number of ether oxygens (including phenoxy) is 1. The Bertz CT molecular complexity index is 943. The van der Waals surface area contributed by atoms with Crippen LogP contribution in [0.15, 0.2) is 23.1 Å². The lowest BCUT2D eigenvalue weighted by Gasteiger charge is -2.33. The van der Waals surface area contributed by atoms with E-state index in [1.807, 2.05) is 20.8 Å². The molecule has 8 heteroatoms. The van der Waals surface area contributed by atoms with Gasteiger partial charge in [0.05, 0.1) is 16.1 Å². The molecular weight excluding hydrogens is 392 g/mol. The number of nitrogens with one attached hydrogen (secondary N) is 1. The van der Waals surface area contributed by atoms with E-state index in [1.54, 1.807) is 23.9 Å². The van der Waals surface area contributed by atoms with Gasteiger partial charge in [0.1, 0.15) is 5.60 Å². The number of halogens is 1. The van der Waals surface area contributed by atoms with Crippen LogP contribution in [0.1, 0.15) is 39.2 Å². The van der Waals surface area contributed by atoms with Gasteiger partial charge in [0.15, 0.2) is 0 Å². The zero-order valence-corrected chi connectivity index (χ0v) is 18.3. The van der Waals surface area contributed by atoms with Crippen LogP contribution < -0.4 is 10.9 Å². The number of pyridine rings is 2. The number of piperidine rings is 1. The van der Waals surface area contributed by atoms with Crippen molar-refractivity contribution in [2.24, 2.45) is 7.05 Å². The third-order valence-electron chi connectivity index (χ3n) is 5.17. The number of aryl methyl sites for hydroxylation is 1. The van der Waals surface area contributed by atoms with E-state index in [0.717, 1.165) is 55.5 Å². The first-order valence-corrected chi connectivity index (χ1v) is 10.4. The van der Waals surface area contributed by atoms with Crippen molar-refractivity contribution < 1.29 is 9.53 Å². The normalized spacial score (nSPS) is 16.2. The Morgan fingerprint density at radius 1 is 1.31 bits per heavy atom. The van der Waals surface area contributed by atoms with Crippen molar-refractivity contribution in [3.05, 3.63) is 39.3 Å². The van der Waals surface area contributed by atoms with Gasteiger partial charge in [-0.05, 0) is 51.7 Å². The van der Waals surface area contributed by atoms with Crippen LogP contribution >= 0.6 is 11.6 Å². The SMILES string of the molecule is Cn1c(=O)ccc2ncc(Cl)c(CCN3CCC(NC(=O)OC(C)(C)C)CC3)c21. The van der Waals surface area contributed by atoms with E-state index >= 15 is 0 Å². The second-order valence-electron chi connectivity index (χ2n) is 8.56. The first-order chi connectivity index (χ1) is 13.6. The summed E-state index contributed by atoms with van der Waals surface area (Å²) in [5.41, 5.74) is 1.96.